The number of benzene rings is 2. The summed E-state index contributed by atoms with van der Waals surface area (Å²) in [4.78, 5) is 12.7. The van der Waals surface area contributed by atoms with Crippen LogP contribution in [0.2, 0.25) is 5.02 Å². The van der Waals surface area contributed by atoms with Gasteiger partial charge in [0.25, 0.3) is 15.9 Å². The van der Waals surface area contributed by atoms with Crippen molar-refractivity contribution in [1.29, 1.82) is 0 Å². The lowest BCUT2D eigenvalue weighted by molar-refractivity contribution is 0.0910. The first kappa shape index (κ1) is 25.0. The fourth-order valence-corrected chi connectivity index (χ4v) is 5.45. The maximum atomic E-state index is 13.3. The van der Waals surface area contributed by atoms with Crippen LogP contribution in [0.15, 0.2) is 35.2 Å². The molecule has 0 spiro atoms. The molecule has 2 N–H and O–H groups in total. The predicted octanol–water partition coefficient (Wildman–Crippen LogP) is 4.48. The highest BCUT2D eigenvalue weighted by Crippen LogP contribution is 2.38. The van der Waals surface area contributed by atoms with E-state index in [4.69, 9.17) is 25.8 Å². The van der Waals surface area contributed by atoms with Crippen LogP contribution >= 0.6 is 11.6 Å². The fourth-order valence-electron chi connectivity index (χ4n) is 3.95. The number of hydrogen-bond acceptors (Lipinski definition) is 6. The van der Waals surface area contributed by atoms with Gasteiger partial charge >= 0.3 is 0 Å². The molecule has 2 aromatic rings. The zero-order chi connectivity index (χ0) is 24.2. The summed E-state index contributed by atoms with van der Waals surface area (Å²) in [7, 11) is 0.0499. The Kier molecular flexibility index (Phi) is 7.97. The zero-order valence-electron chi connectivity index (χ0n) is 19.1. The molecule has 2 aromatic carbocycles. The fraction of sp³-hybridized carbons (Fsp3) is 0.435. The Morgan fingerprint density at radius 2 is 1.64 bits per heavy atom. The summed E-state index contributed by atoms with van der Waals surface area (Å²) in [6, 6.07) is 7.26. The van der Waals surface area contributed by atoms with Gasteiger partial charge in [-0.1, -0.05) is 31.4 Å². The molecular weight excluding hydrogens is 468 g/mol. The summed E-state index contributed by atoms with van der Waals surface area (Å²) < 4.78 is 44.7. The number of sulfonamides is 1. The Balaban J connectivity index is 1.92. The van der Waals surface area contributed by atoms with Crippen LogP contribution in [0.1, 0.15) is 43.0 Å². The van der Waals surface area contributed by atoms with Crippen molar-refractivity contribution >= 4 is 33.2 Å². The standard InChI is InChI=1S/C23H29ClN2O6S/c1-14-7-5-6-8-17(14)25-23(27)15-9-10-19(30-2)22(11-15)33(28,29)26-18-12-16(24)20(31-3)13-21(18)32-4/h9-14,17,26H,5-8H2,1-4H3,(H,25,27). The summed E-state index contributed by atoms with van der Waals surface area (Å²) >= 11 is 6.17. The highest BCUT2D eigenvalue weighted by molar-refractivity contribution is 7.92. The van der Waals surface area contributed by atoms with Crippen molar-refractivity contribution in [3.8, 4) is 17.2 Å². The molecular formula is C23H29ClN2O6S. The maximum absolute atomic E-state index is 13.3. The third kappa shape index (κ3) is 5.65. The Bertz CT molecular complexity index is 1120. The lowest BCUT2D eigenvalue weighted by Gasteiger charge is -2.29. The number of carbonyl (C=O) groups excluding carboxylic acids is 1. The molecule has 0 bridgehead atoms. The van der Waals surface area contributed by atoms with Gasteiger partial charge in [-0.2, -0.15) is 0 Å². The highest BCUT2D eigenvalue weighted by atomic mass is 35.5. The largest absolute Gasteiger partial charge is 0.495 e. The van der Waals surface area contributed by atoms with E-state index in [9.17, 15) is 13.2 Å². The second-order valence-corrected chi connectivity index (χ2v) is 10.1. The minimum absolute atomic E-state index is 0.0669. The zero-order valence-corrected chi connectivity index (χ0v) is 20.7. The summed E-state index contributed by atoms with van der Waals surface area (Å²) in [6.45, 7) is 2.12. The molecule has 2 atom stereocenters. The van der Waals surface area contributed by atoms with E-state index < -0.39 is 10.0 Å². The summed E-state index contributed by atoms with van der Waals surface area (Å²) in [5.41, 5.74) is 0.352. The molecule has 8 nitrogen and oxygen atoms in total. The van der Waals surface area contributed by atoms with Crippen LogP contribution in [0.5, 0.6) is 17.2 Å². The number of nitrogens with one attached hydrogen (secondary N) is 2. The van der Waals surface area contributed by atoms with Crippen molar-refractivity contribution < 1.29 is 27.4 Å². The van der Waals surface area contributed by atoms with E-state index in [2.05, 4.69) is 17.0 Å². The molecule has 0 aliphatic heterocycles. The Morgan fingerprint density at radius 3 is 2.27 bits per heavy atom. The van der Waals surface area contributed by atoms with Crippen LogP contribution in [0.4, 0.5) is 5.69 Å². The van der Waals surface area contributed by atoms with Crippen molar-refractivity contribution in [2.24, 2.45) is 5.92 Å². The van der Waals surface area contributed by atoms with Gasteiger partial charge in [0.05, 0.1) is 32.0 Å². The quantitative estimate of drug-likeness (QED) is 0.558. The number of rotatable bonds is 8. The van der Waals surface area contributed by atoms with E-state index in [1.807, 2.05) is 0 Å². The van der Waals surface area contributed by atoms with E-state index in [1.54, 1.807) is 6.07 Å². The van der Waals surface area contributed by atoms with E-state index >= 15 is 0 Å². The number of methoxy groups -OCH3 is 3. The van der Waals surface area contributed by atoms with Crippen molar-refractivity contribution in [1.82, 2.24) is 5.32 Å². The molecule has 1 amide bonds. The van der Waals surface area contributed by atoms with Gasteiger partial charge in [0.15, 0.2) is 0 Å². The number of carbonyl (C=O) groups is 1. The van der Waals surface area contributed by atoms with E-state index in [-0.39, 0.29) is 44.6 Å². The molecule has 10 heteroatoms. The molecule has 3 rings (SSSR count). The first-order valence-electron chi connectivity index (χ1n) is 10.6. The lowest BCUT2D eigenvalue weighted by atomic mass is 9.86. The van der Waals surface area contributed by atoms with E-state index in [0.29, 0.717) is 11.7 Å². The molecule has 180 valence electrons. The molecule has 33 heavy (non-hydrogen) atoms. The van der Waals surface area contributed by atoms with E-state index in [0.717, 1.165) is 25.7 Å². The number of halogens is 1. The van der Waals surface area contributed by atoms with Crippen molar-refractivity contribution in [2.45, 2.75) is 43.5 Å². The Labute approximate surface area is 199 Å². The van der Waals surface area contributed by atoms with Gasteiger partial charge in [-0.25, -0.2) is 8.42 Å². The molecule has 0 radical (unpaired) electrons. The third-order valence-corrected chi connectivity index (χ3v) is 7.54. The second kappa shape index (κ2) is 10.5. The van der Waals surface area contributed by atoms with Crippen molar-refractivity contribution in [2.75, 3.05) is 26.1 Å². The number of anilines is 1. The van der Waals surface area contributed by atoms with Gasteiger partial charge in [-0.3, -0.25) is 9.52 Å². The molecule has 1 saturated carbocycles. The SMILES string of the molecule is COc1cc(OC)c(NS(=O)(=O)c2cc(C(=O)NC3CCCCC3C)ccc2OC)cc1Cl. The lowest BCUT2D eigenvalue weighted by Crippen LogP contribution is -2.41. The van der Waals surface area contributed by atoms with Crippen LogP contribution in [0, 0.1) is 5.92 Å². The Morgan fingerprint density at radius 1 is 0.970 bits per heavy atom. The first-order chi connectivity index (χ1) is 15.7. The summed E-state index contributed by atoms with van der Waals surface area (Å²) in [6.07, 6.45) is 4.19. The van der Waals surface area contributed by atoms with Crippen LogP contribution in [-0.2, 0) is 10.0 Å². The molecule has 0 aromatic heterocycles. The minimum Gasteiger partial charge on any atom is -0.495 e. The van der Waals surface area contributed by atoms with Crippen LogP contribution < -0.4 is 24.2 Å². The molecule has 0 saturated heterocycles. The summed E-state index contributed by atoms with van der Waals surface area (Å²) in [5.74, 6) is 0.711. The molecule has 2 unspecified atom stereocenters. The minimum atomic E-state index is -4.16. The maximum Gasteiger partial charge on any atom is 0.265 e. The van der Waals surface area contributed by atoms with E-state index in [1.165, 1.54) is 45.6 Å². The van der Waals surface area contributed by atoms with Gasteiger partial charge in [-0.05, 0) is 43.0 Å². The Hall–Kier alpha value is -2.65. The second-order valence-electron chi connectivity index (χ2n) is 8.00. The van der Waals surface area contributed by atoms with Crippen molar-refractivity contribution in [3.63, 3.8) is 0 Å². The van der Waals surface area contributed by atoms with Crippen LogP contribution in [0.3, 0.4) is 0 Å². The van der Waals surface area contributed by atoms with Crippen LogP contribution in [0.25, 0.3) is 0 Å². The normalized spacial score (nSPS) is 18.3. The average molecular weight is 497 g/mol. The predicted molar refractivity (Wildman–Crippen MR) is 127 cm³/mol. The van der Waals surface area contributed by atoms with Gasteiger partial charge in [-0.15, -0.1) is 0 Å². The number of ether oxygens (including phenoxy) is 3. The monoisotopic (exact) mass is 496 g/mol. The van der Waals surface area contributed by atoms with Gasteiger partial charge in [0.1, 0.15) is 22.1 Å². The average Bonchev–Trinajstić information content (AvgIpc) is 2.80. The van der Waals surface area contributed by atoms with Crippen LogP contribution in [-0.4, -0.2) is 41.7 Å². The van der Waals surface area contributed by atoms with Crippen molar-refractivity contribution in [3.05, 3.63) is 40.9 Å². The molecule has 1 aliphatic carbocycles. The summed E-state index contributed by atoms with van der Waals surface area (Å²) in [5, 5.41) is 3.25. The third-order valence-electron chi connectivity index (χ3n) is 5.86. The van der Waals surface area contributed by atoms with Gasteiger partial charge < -0.3 is 19.5 Å². The molecule has 0 heterocycles. The molecule has 1 aliphatic rings. The number of amides is 1. The smallest absolute Gasteiger partial charge is 0.265 e. The number of hydrogen-bond donors (Lipinski definition) is 2. The molecule has 1 fully saturated rings. The first-order valence-corrected chi connectivity index (χ1v) is 12.5. The van der Waals surface area contributed by atoms with Gasteiger partial charge in [0, 0.05) is 17.7 Å². The topological polar surface area (TPSA) is 103 Å². The highest BCUT2D eigenvalue weighted by Gasteiger charge is 2.26. The van der Waals surface area contributed by atoms with Gasteiger partial charge in [0.2, 0.25) is 0 Å².